The zero-order valence-corrected chi connectivity index (χ0v) is 17.0. The molecule has 0 saturated heterocycles. The summed E-state index contributed by atoms with van der Waals surface area (Å²) in [6, 6.07) is 14.0. The van der Waals surface area contributed by atoms with Gasteiger partial charge in [0, 0.05) is 30.2 Å². The predicted octanol–water partition coefficient (Wildman–Crippen LogP) is 3.47. The van der Waals surface area contributed by atoms with E-state index in [9.17, 15) is 13.2 Å². The molecular formula is C20H18ClN3O4S. The van der Waals surface area contributed by atoms with Crippen LogP contribution in [0.4, 0.5) is 5.69 Å². The molecule has 29 heavy (non-hydrogen) atoms. The molecule has 1 amide bonds. The Morgan fingerprint density at radius 3 is 2.41 bits per heavy atom. The first-order valence-electron chi connectivity index (χ1n) is 8.52. The van der Waals surface area contributed by atoms with E-state index in [4.69, 9.17) is 16.3 Å². The second-order valence-corrected chi connectivity index (χ2v) is 8.08. The number of hydrogen-bond donors (Lipinski definition) is 2. The van der Waals surface area contributed by atoms with Crippen LogP contribution >= 0.6 is 11.6 Å². The van der Waals surface area contributed by atoms with Crippen LogP contribution in [0.2, 0.25) is 5.02 Å². The Balaban J connectivity index is 1.78. The summed E-state index contributed by atoms with van der Waals surface area (Å²) in [4.78, 5) is 16.2. The summed E-state index contributed by atoms with van der Waals surface area (Å²) in [7, 11) is -2.48. The van der Waals surface area contributed by atoms with Crippen molar-refractivity contribution < 1.29 is 17.9 Å². The fourth-order valence-electron chi connectivity index (χ4n) is 2.50. The summed E-state index contributed by atoms with van der Waals surface area (Å²) in [6.45, 7) is 0.288. The molecule has 0 saturated carbocycles. The van der Waals surface area contributed by atoms with E-state index in [-0.39, 0.29) is 22.0 Å². The monoisotopic (exact) mass is 431 g/mol. The molecule has 3 aromatic rings. The van der Waals surface area contributed by atoms with Gasteiger partial charge in [0.05, 0.1) is 12.1 Å². The third-order valence-electron chi connectivity index (χ3n) is 4.03. The first-order chi connectivity index (χ1) is 13.9. The van der Waals surface area contributed by atoms with Crippen LogP contribution in [-0.2, 0) is 16.6 Å². The molecule has 0 fully saturated rings. The van der Waals surface area contributed by atoms with Crippen molar-refractivity contribution in [2.24, 2.45) is 0 Å². The van der Waals surface area contributed by atoms with Crippen molar-refractivity contribution in [2.75, 3.05) is 11.8 Å². The van der Waals surface area contributed by atoms with Gasteiger partial charge in [-0.15, -0.1) is 0 Å². The first-order valence-corrected chi connectivity index (χ1v) is 10.4. The van der Waals surface area contributed by atoms with Gasteiger partial charge in [-0.05, 0) is 60.2 Å². The van der Waals surface area contributed by atoms with Crippen molar-refractivity contribution in [3.05, 3.63) is 83.1 Å². The predicted molar refractivity (Wildman–Crippen MR) is 111 cm³/mol. The minimum Gasteiger partial charge on any atom is -0.497 e. The number of nitrogens with zero attached hydrogens (tertiary/aromatic N) is 1. The highest BCUT2D eigenvalue weighted by Gasteiger charge is 2.20. The molecule has 1 aromatic heterocycles. The zero-order valence-electron chi connectivity index (χ0n) is 15.4. The van der Waals surface area contributed by atoms with Gasteiger partial charge >= 0.3 is 0 Å². The van der Waals surface area contributed by atoms with Crippen LogP contribution in [0.3, 0.4) is 0 Å². The smallest absolute Gasteiger partial charge is 0.263 e. The molecule has 3 rings (SSSR count). The van der Waals surface area contributed by atoms with Crippen LogP contribution in [0.1, 0.15) is 15.9 Å². The molecule has 0 radical (unpaired) electrons. The number of hydrogen-bond acceptors (Lipinski definition) is 5. The number of aromatic nitrogens is 1. The van der Waals surface area contributed by atoms with Crippen LogP contribution in [-0.4, -0.2) is 26.4 Å². The highest BCUT2D eigenvalue weighted by atomic mass is 35.5. The van der Waals surface area contributed by atoms with Crippen molar-refractivity contribution in [3.63, 3.8) is 0 Å². The number of carbonyl (C=O) groups excluding carboxylic acids is 1. The SMILES string of the molecule is COc1ccc(NS(=O)(=O)c2cc(C(=O)NCc3ccncc3)ccc2Cl)cc1. The van der Waals surface area contributed by atoms with E-state index in [1.54, 1.807) is 48.8 Å². The fourth-order valence-corrected chi connectivity index (χ4v) is 4.09. The second kappa shape index (κ2) is 8.93. The molecule has 0 aliphatic rings. The Bertz CT molecular complexity index is 1100. The lowest BCUT2D eigenvalue weighted by molar-refractivity contribution is 0.0950. The van der Waals surface area contributed by atoms with E-state index < -0.39 is 15.9 Å². The van der Waals surface area contributed by atoms with E-state index in [2.05, 4.69) is 15.0 Å². The Hall–Kier alpha value is -3.10. The number of rotatable bonds is 7. The molecule has 2 N–H and O–H groups in total. The quantitative estimate of drug-likeness (QED) is 0.597. The van der Waals surface area contributed by atoms with Crippen molar-refractivity contribution >= 4 is 33.2 Å². The minimum atomic E-state index is -4.00. The molecule has 0 aliphatic heterocycles. The second-order valence-electron chi connectivity index (χ2n) is 6.02. The van der Waals surface area contributed by atoms with Crippen molar-refractivity contribution in [3.8, 4) is 5.75 Å². The lowest BCUT2D eigenvalue weighted by atomic mass is 10.2. The molecule has 0 unspecified atom stereocenters. The summed E-state index contributed by atoms with van der Waals surface area (Å²) in [6.07, 6.45) is 3.25. The molecular weight excluding hydrogens is 414 g/mol. The number of benzene rings is 2. The van der Waals surface area contributed by atoms with E-state index in [0.29, 0.717) is 11.4 Å². The number of methoxy groups -OCH3 is 1. The molecule has 9 heteroatoms. The highest BCUT2D eigenvalue weighted by molar-refractivity contribution is 7.92. The Kier molecular flexibility index (Phi) is 6.36. The maximum atomic E-state index is 12.8. The third kappa shape index (κ3) is 5.24. The standard InChI is InChI=1S/C20H18ClN3O4S/c1-28-17-5-3-16(4-6-17)24-29(26,27)19-12-15(2-7-18(19)21)20(25)23-13-14-8-10-22-11-9-14/h2-12,24H,13H2,1H3,(H,23,25). The average Bonchev–Trinajstić information content (AvgIpc) is 2.73. The number of carbonyl (C=O) groups is 1. The van der Waals surface area contributed by atoms with Crippen LogP contribution in [0, 0.1) is 0 Å². The topological polar surface area (TPSA) is 97.4 Å². The first kappa shape index (κ1) is 20.6. The van der Waals surface area contributed by atoms with Gasteiger partial charge in [-0.2, -0.15) is 0 Å². The molecule has 7 nitrogen and oxygen atoms in total. The van der Waals surface area contributed by atoms with Crippen molar-refractivity contribution in [1.29, 1.82) is 0 Å². The summed E-state index contributed by atoms with van der Waals surface area (Å²) >= 11 is 6.09. The third-order valence-corrected chi connectivity index (χ3v) is 5.89. The lowest BCUT2D eigenvalue weighted by Crippen LogP contribution is -2.23. The number of sulfonamides is 1. The van der Waals surface area contributed by atoms with Crippen molar-refractivity contribution in [2.45, 2.75) is 11.4 Å². The number of halogens is 1. The van der Waals surface area contributed by atoms with Gasteiger partial charge in [0.25, 0.3) is 15.9 Å². The molecule has 0 aliphatic carbocycles. The summed E-state index contributed by atoms with van der Waals surface area (Å²) in [5, 5.41) is 2.75. The van der Waals surface area contributed by atoms with Crippen molar-refractivity contribution in [1.82, 2.24) is 10.3 Å². The molecule has 0 atom stereocenters. The number of amides is 1. The molecule has 2 aromatic carbocycles. The normalized spacial score (nSPS) is 11.0. The van der Waals surface area contributed by atoms with Gasteiger partial charge in [0.1, 0.15) is 10.6 Å². The number of ether oxygens (including phenoxy) is 1. The molecule has 0 spiro atoms. The van der Waals surface area contributed by atoms with Gasteiger partial charge < -0.3 is 10.1 Å². The van der Waals surface area contributed by atoms with Crippen LogP contribution in [0.15, 0.2) is 71.9 Å². The average molecular weight is 432 g/mol. The van der Waals surface area contributed by atoms with Gasteiger partial charge in [0.2, 0.25) is 0 Å². The molecule has 150 valence electrons. The summed E-state index contributed by atoms with van der Waals surface area (Å²) in [5.74, 6) is 0.179. The van der Waals surface area contributed by atoms with E-state index in [1.165, 1.54) is 25.3 Å². The van der Waals surface area contributed by atoms with E-state index in [1.807, 2.05) is 0 Å². The number of nitrogens with one attached hydrogen (secondary N) is 2. The number of anilines is 1. The Morgan fingerprint density at radius 1 is 1.07 bits per heavy atom. The zero-order chi connectivity index (χ0) is 20.9. The van der Waals surface area contributed by atoms with Crippen LogP contribution in [0.25, 0.3) is 0 Å². The molecule has 0 bridgehead atoms. The number of pyridine rings is 1. The maximum absolute atomic E-state index is 12.8. The summed E-state index contributed by atoms with van der Waals surface area (Å²) < 4.78 is 33.0. The Labute approximate surface area is 173 Å². The Morgan fingerprint density at radius 2 is 1.76 bits per heavy atom. The highest BCUT2D eigenvalue weighted by Crippen LogP contribution is 2.26. The largest absolute Gasteiger partial charge is 0.497 e. The van der Waals surface area contributed by atoms with E-state index >= 15 is 0 Å². The van der Waals surface area contributed by atoms with Gasteiger partial charge in [-0.1, -0.05) is 11.6 Å². The van der Waals surface area contributed by atoms with E-state index in [0.717, 1.165) is 5.56 Å². The fraction of sp³-hybridized carbons (Fsp3) is 0.100. The van der Waals surface area contributed by atoms with Crippen LogP contribution in [0.5, 0.6) is 5.75 Å². The minimum absolute atomic E-state index is 0.0108. The van der Waals surface area contributed by atoms with Gasteiger partial charge in [-0.3, -0.25) is 14.5 Å². The van der Waals surface area contributed by atoms with Crippen LogP contribution < -0.4 is 14.8 Å². The van der Waals surface area contributed by atoms with Gasteiger partial charge in [0.15, 0.2) is 0 Å². The summed E-state index contributed by atoms with van der Waals surface area (Å²) in [5.41, 5.74) is 1.39. The maximum Gasteiger partial charge on any atom is 0.263 e. The lowest BCUT2D eigenvalue weighted by Gasteiger charge is -2.12. The van der Waals surface area contributed by atoms with Gasteiger partial charge in [-0.25, -0.2) is 8.42 Å². The molecule has 1 heterocycles.